The quantitative estimate of drug-likeness (QED) is 0.718. The molecule has 0 radical (unpaired) electrons. The SMILES string of the molecule is C[C@H](c1ccccc1)N1CC[C@@H](NCc2cn[nH]c2-c2cccnc2)C1. The van der Waals surface area contributed by atoms with E-state index in [2.05, 4.69) is 68.7 Å². The monoisotopic (exact) mass is 347 g/mol. The number of aromatic nitrogens is 3. The highest BCUT2D eigenvalue weighted by atomic mass is 15.2. The zero-order valence-electron chi connectivity index (χ0n) is 15.1. The van der Waals surface area contributed by atoms with Gasteiger partial charge in [-0.25, -0.2) is 0 Å². The number of rotatable bonds is 6. The third kappa shape index (κ3) is 3.69. The predicted molar refractivity (Wildman–Crippen MR) is 103 cm³/mol. The van der Waals surface area contributed by atoms with Crippen LogP contribution in [0, 0.1) is 0 Å². The number of aromatic amines is 1. The van der Waals surface area contributed by atoms with Gasteiger partial charge in [0.1, 0.15) is 0 Å². The highest BCUT2D eigenvalue weighted by molar-refractivity contribution is 5.61. The Hall–Kier alpha value is -2.50. The Balaban J connectivity index is 1.35. The Morgan fingerprint density at radius 3 is 2.88 bits per heavy atom. The van der Waals surface area contributed by atoms with Gasteiger partial charge >= 0.3 is 0 Å². The molecule has 1 aliphatic rings. The zero-order valence-corrected chi connectivity index (χ0v) is 15.1. The maximum absolute atomic E-state index is 4.22. The van der Waals surface area contributed by atoms with Crippen LogP contribution in [0.1, 0.15) is 30.5 Å². The molecule has 0 spiro atoms. The third-order valence-corrected chi connectivity index (χ3v) is 5.30. The second kappa shape index (κ2) is 7.81. The summed E-state index contributed by atoms with van der Waals surface area (Å²) in [5, 5.41) is 11.0. The molecule has 2 N–H and O–H groups in total. The normalized spacial score (nSPS) is 18.9. The fourth-order valence-corrected chi connectivity index (χ4v) is 3.71. The van der Waals surface area contributed by atoms with Gasteiger partial charge in [-0.15, -0.1) is 0 Å². The highest BCUT2D eigenvalue weighted by Crippen LogP contribution is 2.25. The zero-order chi connectivity index (χ0) is 17.8. The number of nitrogens with one attached hydrogen (secondary N) is 2. The molecule has 1 saturated heterocycles. The van der Waals surface area contributed by atoms with Crippen molar-refractivity contribution in [1.29, 1.82) is 0 Å². The van der Waals surface area contributed by atoms with Crippen LogP contribution >= 0.6 is 0 Å². The average Bonchev–Trinajstić information content (AvgIpc) is 3.36. The number of likely N-dealkylation sites (tertiary alicyclic amines) is 1. The van der Waals surface area contributed by atoms with Crippen molar-refractivity contribution in [1.82, 2.24) is 25.4 Å². The Kier molecular flexibility index (Phi) is 5.09. The molecule has 4 rings (SSSR count). The lowest BCUT2D eigenvalue weighted by molar-refractivity contribution is 0.255. The van der Waals surface area contributed by atoms with Crippen molar-refractivity contribution in [2.24, 2.45) is 0 Å². The van der Waals surface area contributed by atoms with E-state index in [1.54, 1.807) is 6.20 Å². The molecule has 0 saturated carbocycles. The Morgan fingerprint density at radius 2 is 2.08 bits per heavy atom. The summed E-state index contributed by atoms with van der Waals surface area (Å²) < 4.78 is 0. The average molecular weight is 347 g/mol. The van der Waals surface area contributed by atoms with Crippen LogP contribution in [0.2, 0.25) is 0 Å². The van der Waals surface area contributed by atoms with Gasteiger partial charge in [-0.2, -0.15) is 5.10 Å². The molecule has 0 bridgehead atoms. The summed E-state index contributed by atoms with van der Waals surface area (Å²) in [5.41, 5.74) is 4.71. The van der Waals surface area contributed by atoms with Gasteiger partial charge in [0, 0.05) is 55.2 Å². The Bertz CT molecular complexity index is 815. The van der Waals surface area contributed by atoms with Crippen LogP contribution in [-0.2, 0) is 6.54 Å². The van der Waals surface area contributed by atoms with Crippen LogP contribution in [0.3, 0.4) is 0 Å². The van der Waals surface area contributed by atoms with Crippen molar-refractivity contribution in [3.8, 4) is 11.3 Å². The molecule has 2 aromatic heterocycles. The van der Waals surface area contributed by atoms with Gasteiger partial charge in [0.05, 0.1) is 11.9 Å². The fourth-order valence-electron chi connectivity index (χ4n) is 3.71. The van der Waals surface area contributed by atoms with Crippen LogP contribution in [0.25, 0.3) is 11.3 Å². The summed E-state index contributed by atoms with van der Waals surface area (Å²) in [6.07, 6.45) is 6.75. The number of H-pyrrole nitrogens is 1. The van der Waals surface area contributed by atoms with E-state index in [1.165, 1.54) is 17.5 Å². The molecule has 3 heterocycles. The lowest BCUT2D eigenvalue weighted by Crippen LogP contribution is -2.33. The second-order valence-corrected chi connectivity index (χ2v) is 6.96. The van der Waals surface area contributed by atoms with Crippen LogP contribution in [-0.4, -0.2) is 39.2 Å². The summed E-state index contributed by atoms with van der Waals surface area (Å²) >= 11 is 0. The second-order valence-electron chi connectivity index (χ2n) is 6.96. The summed E-state index contributed by atoms with van der Waals surface area (Å²) in [4.78, 5) is 6.76. The molecule has 1 aromatic carbocycles. The predicted octanol–water partition coefficient (Wildman–Crippen LogP) is 3.40. The highest BCUT2D eigenvalue weighted by Gasteiger charge is 2.26. The number of pyridine rings is 1. The van der Waals surface area contributed by atoms with Gasteiger partial charge in [-0.1, -0.05) is 30.3 Å². The van der Waals surface area contributed by atoms with Crippen LogP contribution in [0.5, 0.6) is 0 Å². The molecule has 2 atom stereocenters. The third-order valence-electron chi connectivity index (χ3n) is 5.30. The van der Waals surface area contributed by atoms with Crippen molar-refractivity contribution in [3.63, 3.8) is 0 Å². The lowest BCUT2D eigenvalue weighted by Gasteiger charge is -2.25. The summed E-state index contributed by atoms with van der Waals surface area (Å²) in [7, 11) is 0. The van der Waals surface area contributed by atoms with Crippen molar-refractivity contribution in [3.05, 3.63) is 72.2 Å². The van der Waals surface area contributed by atoms with Crippen LogP contribution in [0.4, 0.5) is 0 Å². The van der Waals surface area contributed by atoms with Crippen molar-refractivity contribution in [2.45, 2.75) is 32.0 Å². The summed E-state index contributed by atoms with van der Waals surface area (Å²) in [6, 6.07) is 15.7. The van der Waals surface area contributed by atoms with E-state index < -0.39 is 0 Å². The number of hydrogen-bond acceptors (Lipinski definition) is 4. The maximum Gasteiger partial charge on any atom is 0.0710 e. The molecule has 3 aromatic rings. The minimum absolute atomic E-state index is 0.461. The maximum atomic E-state index is 4.22. The molecule has 0 unspecified atom stereocenters. The Morgan fingerprint density at radius 1 is 1.19 bits per heavy atom. The fraction of sp³-hybridized carbons (Fsp3) is 0.333. The number of nitrogens with zero attached hydrogens (tertiary/aromatic N) is 3. The van der Waals surface area contributed by atoms with E-state index in [0.29, 0.717) is 12.1 Å². The molecule has 26 heavy (non-hydrogen) atoms. The van der Waals surface area contributed by atoms with Gasteiger partial charge in [-0.05, 0) is 31.0 Å². The van der Waals surface area contributed by atoms with Crippen molar-refractivity contribution in [2.75, 3.05) is 13.1 Å². The standard InChI is InChI=1S/C21H25N5/c1-16(17-6-3-2-4-7-17)26-11-9-20(15-26)23-13-19-14-24-25-21(19)18-8-5-10-22-12-18/h2-8,10,12,14,16,20,23H,9,11,13,15H2,1H3,(H,24,25)/t16-,20-/m1/s1. The van der Waals surface area contributed by atoms with E-state index >= 15 is 0 Å². The number of hydrogen-bond donors (Lipinski definition) is 2. The first-order chi connectivity index (χ1) is 12.8. The van der Waals surface area contributed by atoms with Crippen molar-refractivity contribution >= 4 is 0 Å². The molecule has 5 heteroatoms. The van der Waals surface area contributed by atoms with Gasteiger partial charge in [0.2, 0.25) is 0 Å². The summed E-state index contributed by atoms with van der Waals surface area (Å²) in [6.45, 7) is 5.33. The summed E-state index contributed by atoms with van der Waals surface area (Å²) in [5.74, 6) is 0. The minimum Gasteiger partial charge on any atom is -0.308 e. The largest absolute Gasteiger partial charge is 0.308 e. The molecule has 1 fully saturated rings. The van der Waals surface area contributed by atoms with E-state index in [4.69, 9.17) is 0 Å². The van der Waals surface area contributed by atoms with E-state index in [1.807, 2.05) is 18.5 Å². The first kappa shape index (κ1) is 16.9. The smallest absolute Gasteiger partial charge is 0.0710 e. The van der Waals surface area contributed by atoms with Gasteiger partial charge in [0.15, 0.2) is 0 Å². The molecular formula is C21H25N5. The molecule has 0 aliphatic carbocycles. The van der Waals surface area contributed by atoms with Crippen molar-refractivity contribution < 1.29 is 0 Å². The molecular weight excluding hydrogens is 322 g/mol. The first-order valence-corrected chi connectivity index (χ1v) is 9.26. The molecule has 1 aliphatic heterocycles. The first-order valence-electron chi connectivity index (χ1n) is 9.26. The van der Waals surface area contributed by atoms with E-state index in [-0.39, 0.29) is 0 Å². The van der Waals surface area contributed by atoms with Crippen LogP contribution < -0.4 is 5.32 Å². The molecule has 134 valence electrons. The number of benzene rings is 1. The topological polar surface area (TPSA) is 56.8 Å². The van der Waals surface area contributed by atoms with Crippen LogP contribution in [0.15, 0.2) is 61.1 Å². The molecule has 0 amide bonds. The van der Waals surface area contributed by atoms with E-state index in [0.717, 1.165) is 30.9 Å². The lowest BCUT2D eigenvalue weighted by atomic mass is 10.1. The van der Waals surface area contributed by atoms with Gasteiger partial charge in [-0.3, -0.25) is 15.0 Å². The van der Waals surface area contributed by atoms with Gasteiger partial charge in [0.25, 0.3) is 0 Å². The minimum atomic E-state index is 0.461. The van der Waals surface area contributed by atoms with Gasteiger partial charge < -0.3 is 5.32 Å². The van der Waals surface area contributed by atoms with E-state index in [9.17, 15) is 0 Å². The Labute approximate surface area is 154 Å². The molecule has 5 nitrogen and oxygen atoms in total.